The highest BCUT2D eigenvalue weighted by Crippen LogP contribution is 2.22. The van der Waals surface area contributed by atoms with Crippen LogP contribution in [0.15, 0.2) is 97.2 Å². The first-order chi connectivity index (χ1) is 31.4. The predicted molar refractivity (Wildman–Crippen MR) is 265 cm³/mol. The molecule has 1 aliphatic heterocycles. The fourth-order valence-electron chi connectivity index (χ4n) is 7.05. The van der Waals surface area contributed by atoms with Gasteiger partial charge in [-0.2, -0.15) is 0 Å². The number of carbonyl (C=O) groups excluding carboxylic acids is 1. The van der Waals surface area contributed by atoms with Gasteiger partial charge in [0, 0.05) is 13.0 Å². The van der Waals surface area contributed by atoms with Crippen LogP contribution in [-0.4, -0.2) is 89.6 Å². The van der Waals surface area contributed by atoms with Gasteiger partial charge in [0.05, 0.1) is 19.8 Å². The van der Waals surface area contributed by atoms with Crippen LogP contribution in [0.4, 0.5) is 0 Å². The Balaban J connectivity index is 2.27. The fraction of sp³-hybridized carbons (Fsp3) is 0.691. The molecule has 1 heterocycles. The number of carbonyl (C=O) groups is 1. The van der Waals surface area contributed by atoms with Crippen LogP contribution in [0.5, 0.6) is 0 Å². The molecule has 1 rings (SSSR count). The maximum atomic E-state index is 12.8. The van der Waals surface area contributed by atoms with Gasteiger partial charge < -0.3 is 39.4 Å². The summed E-state index contributed by atoms with van der Waals surface area (Å²) in [6, 6.07) is 0. The van der Waals surface area contributed by atoms with Crippen LogP contribution >= 0.6 is 0 Å². The second-order valence-electron chi connectivity index (χ2n) is 16.9. The van der Waals surface area contributed by atoms with E-state index in [1.165, 1.54) is 64.2 Å². The van der Waals surface area contributed by atoms with Crippen LogP contribution in [0, 0.1) is 0 Å². The number of ether oxygens (including phenoxy) is 4. The lowest BCUT2D eigenvalue weighted by Crippen LogP contribution is -2.59. The lowest BCUT2D eigenvalue weighted by molar-refractivity contribution is -0.305. The van der Waals surface area contributed by atoms with E-state index in [0.717, 1.165) is 89.9 Å². The molecule has 9 heteroatoms. The van der Waals surface area contributed by atoms with E-state index in [9.17, 15) is 25.2 Å². The summed E-state index contributed by atoms with van der Waals surface area (Å²) in [5, 5.41) is 40.2. The van der Waals surface area contributed by atoms with Crippen LogP contribution in [0.3, 0.4) is 0 Å². The summed E-state index contributed by atoms with van der Waals surface area (Å²) in [5.74, 6) is -0.352. The molecule has 0 aromatic heterocycles. The summed E-state index contributed by atoms with van der Waals surface area (Å²) >= 11 is 0. The average molecular weight is 897 g/mol. The van der Waals surface area contributed by atoms with Crippen molar-refractivity contribution in [3.05, 3.63) is 97.2 Å². The number of unbranched alkanes of at least 4 members (excludes halogenated alkanes) is 15. The van der Waals surface area contributed by atoms with Crippen molar-refractivity contribution in [3.8, 4) is 0 Å². The van der Waals surface area contributed by atoms with Crippen molar-refractivity contribution in [2.45, 2.75) is 218 Å². The molecular formula is C55H92O9. The molecule has 64 heavy (non-hydrogen) atoms. The van der Waals surface area contributed by atoms with Crippen molar-refractivity contribution in [1.82, 2.24) is 0 Å². The molecule has 9 nitrogen and oxygen atoms in total. The smallest absolute Gasteiger partial charge is 0.306 e. The minimum atomic E-state index is -1.55. The number of allylic oxidation sites excluding steroid dienone is 16. The van der Waals surface area contributed by atoms with Gasteiger partial charge in [0.15, 0.2) is 6.29 Å². The maximum absolute atomic E-state index is 12.8. The third-order valence-electron chi connectivity index (χ3n) is 11.0. The first kappa shape index (κ1) is 59.1. The molecule has 0 aromatic carbocycles. The Labute approximate surface area is 390 Å². The molecule has 0 amide bonds. The minimum absolute atomic E-state index is 0.118. The molecule has 0 radical (unpaired) electrons. The van der Waals surface area contributed by atoms with Crippen LogP contribution in [0.2, 0.25) is 0 Å². The number of esters is 1. The average Bonchev–Trinajstić information content (AvgIpc) is 3.30. The summed E-state index contributed by atoms with van der Waals surface area (Å²) in [7, 11) is 0. The number of aliphatic hydroxyl groups is 4. The van der Waals surface area contributed by atoms with Crippen molar-refractivity contribution >= 4 is 5.97 Å². The van der Waals surface area contributed by atoms with Gasteiger partial charge in [-0.15, -0.1) is 0 Å². The van der Waals surface area contributed by atoms with Crippen LogP contribution in [0.1, 0.15) is 181 Å². The maximum Gasteiger partial charge on any atom is 0.306 e. The van der Waals surface area contributed by atoms with Crippen molar-refractivity contribution in [2.24, 2.45) is 0 Å². The van der Waals surface area contributed by atoms with E-state index in [-0.39, 0.29) is 25.6 Å². The van der Waals surface area contributed by atoms with Gasteiger partial charge in [-0.3, -0.25) is 4.79 Å². The molecule has 366 valence electrons. The molecule has 0 saturated carbocycles. The Kier molecular flexibility index (Phi) is 41.8. The Morgan fingerprint density at radius 3 is 1.44 bits per heavy atom. The van der Waals surface area contributed by atoms with Gasteiger partial charge in [0.25, 0.3) is 0 Å². The zero-order valence-electron chi connectivity index (χ0n) is 40.2. The molecular weight excluding hydrogens is 805 g/mol. The highest BCUT2D eigenvalue weighted by molar-refractivity contribution is 5.69. The van der Waals surface area contributed by atoms with E-state index in [1.54, 1.807) is 0 Å². The van der Waals surface area contributed by atoms with Crippen LogP contribution in [-0.2, 0) is 23.7 Å². The monoisotopic (exact) mass is 897 g/mol. The molecule has 0 bridgehead atoms. The number of hydrogen-bond acceptors (Lipinski definition) is 9. The zero-order valence-corrected chi connectivity index (χ0v) is 40.2. The van der Waals surface area contributed by atoms with E-state index in [1.807, 2.05) is 0 Å². The molecule has 0 aliphatic carbocycles. The van der Waals surface area contributed by atoms with Crippen molar-refractivity contribution in [3.63, 3.8) is 0 Å². The quantitative estimate of drug-likeness (QED) is 0.0268. The summed E-state index contributed by atoms with van der Waals surface area (Å²) in [6.45, 7) is 4.36. The molecule has 6 atom stereocenters. The van der Waals surface area contributed by atoms with Crippen LogP contribution < -0.4 is 0 Å². The summed E-state index contributed by atoms with van der Waals surface area (Å²) in [6.07, 6.45) is 55.8. The third kappa shape index (κ3) is 35.4. The Hall–Kier alpha value is -2.89. The largest absolute Gasteiger partial charge is 0.457 e. The Morgan fingerprint density at radius 1 is 0.516 bits per heavy atom. The van der Waals surface area contributed by atoms with E-state index in [4.69, 9.17) is 18.9 Å². The molecule has 1 aliphatic rings. The van der Waals surface area contributed by atoms with Gasteiger partial charge >= 0.3 is 5.97 Å². The zero-order chi connectivity index (χ0) is 46.4. The van der Waals surface area contributed by atoms with Gasteiger partial charge in [0.2, 0.25) is 0 Å². The molecule has 0 aromatic rings. The fourth-order valence-corrected chi connectivity index (χ4v) is 7.05. The molecule has 1 fully saturated rings. The normalized spacial score (nSPS) is 20.4. The highest BCUT2D eigenvalue weighted by Gasteiger charge is 2.44. The van der Waals surface area contributed by atoms with Gasteiger partial charge in [-0.25, -0.2) is 0 Å². The first-order valence-corrected chi connectivity index (χ1v) is 25.3. The summed E-state index contributed by atoms with van der Waals surface area (Å²) < 4.78 is 22.8. The molecule has 6 unspecified atom stereocenters. The lowest BCUT2D eigenvalue weighted by Gasteiger charge is -2.39. The SMILES string of the molecule is CC/C=C\C/C=C\C/C=C\C/C=C\C/C=C\CCCCCC(=O)OC(COCCCCCCCCC/C=C\C/C=C\C/C=C\CCCCCCC)COC1OC(CO)C(O)C(O)C1O. The van der Waals surface area contributed by atoms with Gasteiger partial charge in [-0.05, 0) is 96.3 Å². The first-order valence-electron chi connectivity index (χ1n) is 25.3. The van der Waals surface area contributed by atoms with E-state index < -0.39 is 43.4 Å². The van der Waals surface area contributed by atoms with E-state index >= 15 is 0 Å². The summed E-state index contributed by atoms with van der Waals surface area (Å²) in [4.78, 5) is 12.8. The topological polar surface area (TPSA) is 135 Å². The molecule has 4 N–H and O–H groups in total. The van der Waals surface area contributed by atoms with Gasteiger partial charge in [0.1, 0.15) is 30.5 Å². The second-order valence-corrected chi connectivity index (χ2v) is 16.9. The highest BCUT2D eigenvalue weighted by atomic mass is 16.7. The summed E-state index contributed by atoms with van der Waals surface area (Å²) in [5.41, 5.74) is 0. The number of hydrogen-bond donors (Lipinski definition) is 4. The number of rotatable bonds is 42. The van der Waals surface area contributed by atoms with Crippen molar-refractivity contribution in [2.75, 3.05) is 26.4 Å². The van der Waals surface area contributed by atoms with E-state index in [0.29, 0.717) is 13.0 Å². The van der Waals surface area contributed by atoms with Gasteiger partial charge in [-0.1, -0.05) is 175 Å². The molecule has 0 spiro atoms. The predicted octanol–water partition coefficient (Wildman–Crippen LogP) is 12.4. The van der Waals surface area contributed by atoms with Crippen LogP contribution in [0.25, 0.3) is 0 Å². The lowest BCUT2D eigenvalue weighted by atomic mass is 9.99. The van der Waals surface area contributed by atoms with E-state index in [2.05, 4.69) is 111 Å². The second kappa shape index (κ2) is 45.3. The number of aliphatic hydroxyl groups excluding tert-OH is 4. The standard InChI is InChI=1S/C55H92O9/c1-3-5-7-9-11-13-15-17-19-21-23-24-25-27-29-31-33-35-37-39-41-43-45-61-47-49(48-62-55-54(60)53(59)52(58)50(46-56)64-55)63-51(57)44-42-40-38-36-34-32-30-28-26-22-20-18-16-14-12-10-8-6-4-2/h6,8,12,14-15,17-18,20-21,23,25-28,32,34,49-50,52-56,58-60H,3-5,7,9-11,13,16,19,22,24,29-31,33,35-48H2,1-2H3/b8-6-,14-12-,17-15-,20-18-,23-21-,27-25-,28-26-,34-32-. The molecule has 1 saturated heterocycles. The van der Waals surface area contributed by atoms with Crippen molar-refractivity contribution in [1.29, 1.82) is 0 Å². The third-order valence-corrected chi connectivity index (χ3v) is 11.0. The Morgan fingerprint density at radius 2 is 0.953 bits per heavy atom. The minimum Gasteiger partial charge on any atom is -0.457 e. The van der Waals surface area contributed by atoms with Crippen molar-refractivity contribution < 1.29 is 44.2 Å². The Bertz CT molecular complexity index is 1300.